The van der Waals surface area contributed by atoms with Crippen LogP contribution < -0.4 is 5.32 Å². The second kappa shape index (κ2) is 6.54. The van der Waals surface area contributed by atoms with Gasteiger partial charge in [0.2, 0.25) is 0 Å². The van der Waals surface area contributed by atoms with Gasteiger partial charge in [-0.05, 0) is 26.8 Å². The Morgan fingerprint density at radius 3 is 2.67 bits per heavy atom. The third-order valence-corrected chi connectivity index (χ3v) is 4.14. The third kappa shape index (κ3) is 4.59. The van der Waals surface area contributed by atoms with E-state index in [2.05, 4.69) is 10.4 Å². The van der Waals surface area contributed by atoms with Gasteiger partial charge >= 0.3 is 0 Å². The summed E-state index contributed by atoms with van der Waals surface area (Å²) in [7, 11) is -2.87. The van der Waals surface area contributed by atoms with Crippen molar-refractivity contribution >= 4 is 21.4 Å². The summed E-state index contributed by atoms with van der Waals surface area (Å²) < 4.78 is 23.8. The number of aryl methyl sites for hydroxylation is 2. The van der Waals surface area contributed by atoms with E-state index in [4.69, 9.17) is 11.6 Å². The Kier molecular flexibility index (Phi) is 5.62. The van der Waals surface area contributed by atoms with Crippen LogP contribution in [-0.4, -0.2) is 36.8 Å². The van der Waals surface area contributed by atoms with Crippen molar-refractivity contribution in [2.75, 3.05) is 18.6 Å². The van der Waals surface area contributed by atoms with Crippen LogP contribution in [0.25, 0.3) is 0 Å². The summed E-state index contributed by atoms with van der Waals surface area (Å²) >= 11 is 6.16. The number of nitrogens with zero attached hydrogens (tertiary/aromatic N) is 2. The quantitative estimate of drug-likeness (QED) is 0.772. The SMILES string of the molecule is CCn1nc(C)c(Cl)c1CNCCCS(C)(=O)=O. The Morgan fingerprint density at radius 2 is 2.11 bits per heavy atom. The Morgan fingerprint density at radius 1 is 1.44 bits per heavy atom. The minimum absolute atomic E-state index is 0.208. The van der Waals surface area contributed by atoms with E-state index < -0.39 is 9.84 Å². The van der Waals surface area contributed by atoms with Crippen molar-refractivity contribution in [1.29, 1.82) is 0 Å². The molecule has 1 heterocycles. The van der Waals surface area contributed by atoms with Crippen molar-refractivity contribution in [3.63, 3.8) is 0 Å². The summed E-state index contributed by atoms with van der Waals surface area (Å²) in [5.41, 5.74) is 1.78. The van der Waals surface area contributed by atoms with Crippen molar-refractivity contribution in [2.45, 2.75) is 33.4 Å². The lowest BCUT2D eigenvalue weighted by atomic mass is 10.3. The summed E-state index contributed by atoms with van der Waals surface area (Å²) in [6.45, 7) is 5.92. The normalized spacial score (nSPS) is 12.0. The van der Waals surface area contributed by atoms with Gasteiger partial charge in [0.05, 0.1) is 22.2 Å². The number of rotatable bonds is 7. The number of hydrogen-bond acceptors (Lipinski definition) is 4. The van der Waals surface area contributed by atoms with Crippen LogP contribution in [0.3, 0.4) is 0 Å². The van der Waals surface area contributed by atoms with Gasteiger partial charge in [0.25, 0.3) is 0 Å². The third-order valence-electron chi connectivity index (χ3n) is 2.61. The van der Waals surface area contributed by atoms with E-state index >= 15 is 0 Å². The minimum Gasteiger partial charge on any atom is -0.311 e. The van der Waals surface area contributed by atoms with Gasteiger partial charge in [-0.15, -0.1) is 0 Å². The zero-order valence-corrected chi connectivity index (χ0v) is 12.6. The molecule has 0 atom stereocenters. The molecule has 0 saturated heterocycles. The summed E-state index contributed by atoms with van der Waals surface area (Å²) in [5.74, 6) is 0.208. The Bertz CT molecular complexity index is 497. The largest absolute Gasteiger partial charge is 0.311 e. The first-order valence-electron chi connectivity index (χ1n) is 5.95. The molecule has 0 unspecified atom stereocenters. The Balaban J connectivity index is 2.44. The molecule has 1 aromatic heterocycles. The molecule has 1 rings (SSSR count). The molecular weight excluding hydrogens is 274 g/mol. The van der Waals surface area contributed by atoms with Crippen LogP contribution in [0.4, 0.5) is 0 Å². The lowest BCUT2D eigenvalue weighted by molar-refractivity contribution is 0.572. The van der Waals surface area contributed by atoms with Crippen LogP contribution in [0, 0.1) is 6.92 Å². The highest BCUT2D eigenvalue weighted by Crippen LogP contribution is 2.19. The molecular formula is C11H20ClN3O2S. The lowest BCUT2D eigenvalue weighted by Gasteiger charge is -2.07. The fraction of sp³-hybridized carbons (Fsp3) is 0.727. The van der Waals surface area contributed by atoms with Crippen molar-refractivity contribution in [2.24, 2.45) is 0 Å². The first kappa shape index (κ1) is 15.5. The molecule has 0 bridgehead atoms. The van der Waals surface area contributed by atoms with Crippen LogP contribution in [0.1, 0.15) is 24.7 Å². The van der Waals surface area contributed by atoms with E-state index in [-0.39, 0.29) is 5.75 Å². The maximum absolute atomic E-state index is 11.0. The average molecular weight is 294 g/mol. The zero-order chi connectivity index (χ0) is 13.8. The second-order valence-corrected chi connectivity index (χ2v) is 6.96. The maximum Gasteiger partial charge on any atom is 0.147 e. The van der Waals surface area contributed by atoms with Crippen LogP contribution in [0.15, 0.2) is 0 Å². The molecule has 1 aromatic rings. The minimum atomic E-state index is -2.87. The molecule has 1 N–H and O–H groups in total. The van der Waals surface area contributed by atoms with E-state index in [1.807, 2.05) is 18.5 Å². The van der Waals surface area contributed by atoms with E-state index in [0.29, 0.717) is 24.5 Å². The van der Waals surface area contributed by atoms with Gasteiger partial charge in [0, 0.05) is 19.3 Å². The fourth-order valence-electron chi connectivity index (χ4n) is 1.70. The molecule has 0 amide bonds. The number of hydrogen-bond donors (Lipinski definition) is 1. The molecule has 0 spiro atoms. The van der Waals surface area contributed by atoms with E-state index in [1.54, 1.807) is 0 Å². The highest BCUT2D eigenvalue weighted by molar-refractivity contribution is 7.90. The van der Waals surface area contributed by atoms with Gasteiger partial charge in [0.1, 0.15) is 9.84 Å². The van der Waals surface area contributed by atoms with Crippen molar-refractivity contribution in [1.82, 2.24) is 15.1 Å². The Labute approximate surface area is 113 Å². The number of halogens is 1. The predicted octanol–water partition coefficient (Wildman–Crippen LogP) is 1.39. The molecule has 0 saturated carbocycles. The molecule has 0 fully saturated rings. The molecule has 0 aliphatic heterocycles. The van der Waals surface area contributed by atoms with Gasteiger partial charge in [-0.2, -0.15) is 5.10 Å². The maximum atomic E-state index is 11.0. The molecule has 0 radical (unpaired) electrons. The molecule has 0 aliphatic rings. The van der Waals surface area contributed by atoms with Gasteiger partial charge < -0.3 is 5.32 Å². The van der Waals surface area contributed by atoms with Crippen molar-refractivity contribution < 1.29 is 8.42 Å². The van der Waals surface area contributed by atoms with Crippen LogP contribution in [0.2, 0.25) is 5.02 Å². The van der Waals surface area contributed by atoms with Crippen molar-refractivity contribution in [3.8, 4) is 0 Å². The number of nitrogens with one attached hydrogen (secondary N) is 1. The van der Waals surface area contributed by atoms with Gasteiger partial charge in [-0.1, -0.05) is 11.6 Å². The molecule has 7 heteroatoms. The summed E-state index contributed by atoms with van der Waals surface area (Å²) in [4.78, 5) is 0. The smallest absolute Gasteiger partial charge is 0.147 e. The van der Waals surface area contributed by atoms with Crippen LogP contribution in [0.5, 0.6) is 0 Å². The van der Waals surface area contributed by atoms with Gasteiger partial charge in [-0.3, -0.25) is 4.68 Å². The molecule has 5 nitrogen and oxygen atoms in total. The molecule has 104 valence electrons. The lowest BCUT2D eigenvalue weighted by Crippen LogP contribution is -2.20. The van der Waals surface area contributed by atoms with E-state index in [9.17, 15) is 8.42 Å². The standard InChI is InChI=1S/C11H20ClN3O2S/c1-4-15-10(11(12)9(2)14-15)8-13-6-5-7-18(3,16)17/h13H,4-8H2,1-3H3. The summed E-state index contributed by atoms with van der Waals surface area (Å²) in [6, 6.07) is 0. The molecule has 0 aromatic carbocycles. The average Bonchev–Trinajstić information content (AvgIpc) is 2.54. The highest BCUT2D eigenvalue weighted by atomic mass is 35.5. The molecule has 18 heavy (non-hydrogen) atoms. The summed E-state index contributed by atoms with van der Waals surface area (Å²) in [5, 5.41) is 8.20. The Hall–Kier alpha value is -0.590. The summed E-state index contributed by atoms with van der Waals surface area (Å²) in [6.07, 6.45) is 1.86. The van der Waals surface area contributed by atoms with Crippen LogP contribution in [-0.2, 0) is 22.9 Å². The first-order chi connectivity index (χ1) is 8.35. The molecule has 0 aliphatic carbocycles. The van der Waals surface area contributed by atoms with Gasteiger partial charge in [0.15, 0.2) is 0 Å². The first-order valence-corrected chi connectivity index (χ1v) is 8.39. The van der Waals surface area contributed by atoms with E-state index in [1.165, 1.54) is 6.26 Å². The van der Waals surface area contributed by atoms with Crippen LogP contribution >= 0.6 is 11.6 Å². The topological polar surface area (TPSA) is 64.0 Å². The number of aromatic nitrogens is 2. The fourth-order valence-corrected chi connectivity index (χ4v) is 2.57. The van der Waals surface area contributed by atoms with E-state index in [0.717, 1.165) is 17.9 Å². The van der Waals surface area contributed by atoms with Gasteiger partial charge in [-0.25, -0.2) is 8.42 Å². The monoisotopic (exact) mass is 293 g/mol. The highest BCUT2D eigenvalue weighted by Gasteiger charge is 2.11. The predicted molar refractivity (Wildman–Crippen MR) is 73.7 cm³/mol. The zero-order valence-electron chi connectivity index (χ0n) is 11.0. The second-order valence-electron chi connectivity index (χ2n) is 4.32. The number of sulfone groups is 1. The van der Waals surface area contributed by atoms with Crippen molar-refractivity contribution in [3.05, 3.63) is 16.4 Å².